The third-order valence-corrected chi connectivity index (χ3v) is 1.98. The van der Waals surface area contributed by atoms with Gasteiger partial charge in [-0.05, 0) is 22.9 Å². The lowest BCUT2D eigenvalue weighted by Crippen LogP contribution is -2.00. The number of rotatable bonds is 1. The molecule has 0 radical (unpaired) electrons. The number of carbonyl (C=O) groups excluding carboxylic acids is 1. The number of esters is 1. The summed E-state index contributed by atoms with van der Waals surface area (Å²) in [7, 11) is 0. The zero-order valence-corrected chi connectivity index (χ0v) is 9.86. The maximum Gasteiger partial charge on any atom is 0.308 e. The zero-order chi connectivity index (χ0) is 12.0. The van der Waals surface area contributed by atoms with E-state index in [4.69, 9.17) is 4.74 Å². The van der Waals surface area contributed by atoms with Crippen molar-refractivity contribution in [3.63, 3.8) is 0 Å². The predicted octanol–water partition coefficient (Wildman–Crippen LogP) is 3.79. The van der Waals surface area contributed by atoms with E-state index in [9.17, 15) is 4.79 Å². The number of benzene rings is 2. The summed E-state index contributed by atoms with van der Waals surface area (Å²) in [6, 6.07) is 13.5. The number of hydrogen-bond acceptors (Lipinski definition) is 2. The Kier molecular flexibility index (Phi) is 4.52. The van der Waals surface area contributed by atoms with Crippen LogP contribution >= 0.6 is 0 Å². The molecule has 84 valence electrons. The average Bonchev–Trinajstić information content (AvgIpc) is 2.31. The van der Waals surface area contributed by atoms with Crippen LogP contribution in [-0.2, 0) is 4.79 Å². The van der Waals surface area contributed by atoms with Crippen molar-refractivity contribution in [1.82, 2.24) is 0 Å². The molecule has 0 N–H and O–H groups in total. The molecule has 2 nitrogen and oxygen atoms in total. The summed E-state index contributed by atoms with van der Waals surface area (Å²) in [4.78, 5) is 10.7. The summed E-state index contributed by atoms with van der Waals surface area (Å²) in [5.74, 6) is 0.302. The maximum atomic E-state index is 10.7. The van der Waals surface area contributed by atoms with Crippen molar-refractivity contribution in [2.75, 3.05) is 0 Å². The van der Waals surface area contributed by atoms with Crippen LogP contribution in [0.5, 0.6) is 5.75 Å². The minimum atomic E-state index is -0.291. The summed E-state index contributed by atoms with van der Waals surface area (Å²) < 4.78 is 4.98. The molecule has 2 rings (SSSR count). The van der Waals surface area contributed by atoms with Gasteiger partial charge in [0.05, 0.1) is 0 Å². The van der Waals surface area contributed by atoms with Crippen LogP contribution in [0.25, 0.3) is 10.8 Å². The quantitative estimate of drug-likeness (QED) is 0.535. The van der Waals surface area contributed by atoms with E-state index in [-0.39, 0.29) is 5.97 Å². The van der Waals surface area contributed by atoms with Crippen molar-refractivity contribution in [3.05, 3.63) is 42.5 Å². The van der Waals surface area contributed by atoms with Gasteiger partial charge >= 0.3 is 5.97 Å². The van der Waals surface area contributed by atoms with Crippen molar-refractivity contribution in [2.24, 2.45) is 0 Å². The molecule has 0 saturated carbocycles. The largest absolute Gasteiger partial charge is 0.427 e. The third-order valence-electron chi connectivity index (χ3n) is 1.98. The second kappa shape index (κ2) is 5.91. The summed E-state index contributed by atoms with van der Waals surface area (Å²) in [6.07, 6.45) is 0. The topological polar surface area (TPSA) is 26.3 Å². The van der Waals surface area contributed by atoms with Gasteiger partial charge in [0.15, 0.2) is 0 Å². The normalized spacial score (nSPS) is 9.19. The van der Waals surface area contributed by atoms with E-state index in [1.165, 1.54) is 6.92 Å². The molecule has 16 heavy (non-hydrogen) atoms. The van der Waals surface area contributed by atoms with Gasteiger partial charge in [-0.1, -0.05) is 44.2 Å². The molecule has 2 heteroatoms. The molecule has 0 atom stereocenters. The Bertz CT molecular complexity index is 475. The molecule has 2 aromatic rings. The van der Waals surface area contributed by atoms with Crippen LogP contribution in [0.2, 0.25) is 0 Å². The Hall–Kier alpha value is -1.83. The molecule has 2 aromatic carbocycles. The highest BCUT2D eigenvalue weighted by atomic mass is 16.5. The lowest BCUT2D eigenvalue weighted by atomic mass is 10.1. The van der Waals surface area contributed by atoms with Crippen molar-refractivity contribution in [3.8, 4) is 5.75 Å². The Labute approximate surface area is 95.9 Å². The van der Waals surface area contributed by atoms with Gasteiger partial charge in [0.2, 0.25) is 0 Å². The third kappa shape index (κ3) is 3.09. The number of ether oxygens (including phenoxy) is 1. The first-order chi connectivity index (χ1) is 7.75. The highest BCUT2D eigenvalue weighted by Gasteiger charge is 1.98. The van der Waals surface area contributed by atoms with Crippen LogP contribution in [0.1, 0.15) is 20.8 Å². The summed E-state index contributed by atoms with van der Waals surface area (Å²) in [5, 5.41) is 2.22. The van der Waals surface area contributed by atoms with E-state index in [2.05, 4.69) is 0 Å². The SMILES string of the molecule is CC.CC(=O)Oc1ccc2ccccc2c1. The summed E-state index contributed by atoms with van der Waals surface area (Å²) in [6.45, 7) is 5.40. The molecule has 0 aliphatic heterocycles. The van der Waals surface area contributed by atoms with Crippen molar-refractivity contribution >= 4 is 16.7 Å². The van der Waals surface area contributed by atoms with Gasteiger partial charge < -0.3 is 4.74 Å². The van der Waals surface area contributed by atoms with Crippen molar-refractivity contribution in [2.45, 2.75) is 20.8 Å². The van der Waals surface area contributed by atoms with Crippen molar-refractivity contribution < 1.29 is 9.53 Å². The molecule has 0 saturated heterocycles. The second-order valence-corrected chi connectivity index (χ2v) is 3.10. The predicted molar refractivity (Wildman–Crippen MR) is 66.6 cm³/mol. The number of hydrogen-bond donors (Lipinski definition) is 0. The molecule has 0 aliphatic carbocycles. The molecule has 0 bridgehead atoms. The molecule has 0 amide bonds. The van der Waals surface area contributed by atoms with Gasteiger partial charge in [0, 0.05) is 6.92 Å². The molecule has 0 aromatic heterocycles. The minimum Gasteiger partial charge on any atom is -0.427 e. The lowest BCUT2D eigenvalue weighted by Gasteiger charge is -2.02. The minimum absolute atomic E-state index is 0.291. The molecular weight excluding hydrogens is 200 g/mol. The van der Waals surface area contributed by atoms with Crippen LogP contribution in [0.3, 0.4) is 0 Å². The van der Waals surface area contributed by atoms with E-state index < -0.39 is 0 Å². The summed E-state index contributed by atoms with van der Waals surface area (Å²) in [5.41, 5.74) is 0. The van der Waals surface area contributed by atoms with E-state index in [0.29, 0.717) is 5.75 Å². The molecule has 0 heterocycles. The Morgan fingerprint density at radius 2 is 1.62 bits per heavy atom. The monoisotopic (exact) mass is 216 g/mol. The van der Waals surface area contributed by atoms with Crippen LogP contribution in [0, 0.1) is 0 Å². The van der Waals surface area contributed by atoms with Crippen LogP contribution in [0.15, 0.2) is 42.5 Å². The number of carbonyl (C=O) groups is 1. The average molecular weight is 216 g/mol. The first-order valence-electron chi connectivity index (χ1n) is 5.43. The van der Waals surface area contributed by atoms with E-state index >= 15 is 0 Å². The standard InChI is InChI=1S/C12H10O2.C2H6/c1-9(13)14-12-7-6-10-4-2-3-5-11(10)8-12;1-2/h2-8H,1H3;1-2H3. The van der Waals surface area contributed by atoms with E-state index in [1.807, 2.05) is 50.2 Å². The molecule has 0 fully saturated rings. The van der Waals surface area contributed by atoms with Gasteiger partial charge in [-0.15, -0.1) is 0 Å². The fraction of sp³-hybridized carbons (Fsp3) is 0.214. The van der Waals surface area contributed by atoms with Crippen LogP contribution in [0.4, 0.5) is 0 Å². The lowest BCUT2D eigenvalue weighted by molar-refractivity contribution is -0.131. The van der Waals surface area contributed by atoms with Gasteiger partial charge in [0.25, 0.3) is 0 Å². The van der Waals surface area contributed by atoms with E-state index in [0.717, 1.165) is 10.8 Å². The highest BCUT2D eigenvalue weighted by Crippen LogP contribution is 2.20. The van der Waals surface area contributed by atoms with Crippen LogP contribution in [-0.4, -0.2) is 5.97 Å². The molecule has 0 spiro atoms. The fourth-order valence-electron chi connectivity index (χ4n) is 1.40. The Morgan fingerprint density at radius 3 is 2.25 bits per heavy atom. The van der Waals surface area contributed by atoms with Gasteiger partial charge in [-0.2, -0.15) is 0 Å². The molecule has 0 unspecified atom stereocenters. The summed E-state index contributed by atoms with van der Waals surface area (Å²) >= 11 is 0. The Morgan fingerprint density at radius 1 is 1.00 bits per heavy atom. The van der Waals surface area contributed by atoms with Gasteiger partial charge in [0.1, 0.15) is 5.75 Å². The smallest absolute Gasteiger partial charge is 0.308 e. The van der Waals surface area contributed by atoms with Crippen molar-refractivity contribution in [1.29, 1.82) is 0 Å². The fourth-order valence-corrected chi connectivity index (χ4v) is 1.40. The highest BCUT2D eigenvalue weighted by molar-refractivity contribution is 5.84. The first kappa shape index (κ1) is 12.2. The Balaban J connectivity index is 0.000000606. The zero-order valence-electron chi connectivity index (χ0n) is 9.86. The van der Waals surface area contributed by atoms with E-state index in [1.54, 1.807) is 6.07 Å². The molecule has 0 aliphatic rings. The number of fused-ring (bicyclic) bond motifs is 1. The maximum absolute atomic E-state index is 10.7. The first-order valence-corrected chi connectivity index (χ1v) is 5.43. The second-order valence-electron chi connectivity index (χ2n) is 3.10. The molecular formula is C14H16O2. The van der Waals surface area contributed by atoms with Gasteiger partial charge in [-0.3, -0.25) is 4.79 Å². The van der Waals surface area contributed by atoms with Gasteiger partial charge in [-0.25, -0.2) is 0 Å². The van der Waals surface area contributed by atoms with Crippen LogP contribution < -0.4 is 4.74 Å².